The SMILES string of the molecule is Fc1cc(-c2ccccc2)cc(F)c1-n1c(-c2ccccc2)nc2ccccc21. The van der Waals surface area contributed by atoms with E-state index >= 15 is 8.78 Å². The van der Waals surface area contributed by atoms with E-state index in [0.29, 0.717) is 22.4 Å². The Kier molecular flexibility index (Phi) is 4.17. The topological polar surface area (TPSA) is 17.8 Å². The first kappa shape index (κ1) is 17.3. The first-order valence-electron chi connectivity index (χ1n) is 9.30. The third-order valence-electron chi connectivity index (χ3n) is 4.94. The predicted octanol–water partition coefficient (Wildman–Crippen LogP) is 6.64. The van der Waals surface area contributed by atoms with Crippen LogP contribution < -0.4 is 0 Å². The van der Waals surface area contributed by atoms with E-state index in [1.54, 1.807) is 4.57 Å². The van der Waals surface area contributed by atoms with Crippen LogP contribution in [0.2, 0.25) is 0 Å². The van der Waals surface area contributed by atoms with Gasteiger partial charge in [-0.25, -0.2) is 13.8 Å². The van der Waals surface area contributed by atoms with Crippen molar-refractivity contribution in [2.75, 3.05) is 0 Å². The highest BCUT2D eigenvalue weighted by atomic mass is 19.1. The Morgan fingerprint density at radius 1 is 0.586 bits per heavy atom. The molecule has 0 atom stereocenters. The molecule has 0 spiro atoms. The van der Waals surface area contributed by atoms with Crippen LogP contribution in [-0.4, -0.2) is 9.55 Å². The fourth-order valence-electron chi connectivity index (χ4n) is 3.61. The van der Waals surface area contributed by atoms with Gasteiger partial charge in [-0.2, -0.15) is 0 Å². The van der Waals surface area contributed by atoms with Gasteiger partial charge in [-0.15, -0.1) is 0 Å². The van der Waals surface area contributed by atoms with Gasteiger partial charge in [0.2, 0.25) is 0 Å². The lowest BCUT2D eigenvalue weighted by Crippen LogP contribution is -2.04. The van der Waals surface area contributed by atoms with Gasteiger partial charge in [-0.1, -0.05) is 72.8 Å². The second-order valence-corrected chi connectivity index (χ2v) is 6.78. The molecular weight excluding hydrogens is 366 g/mol. The van der Waals surface area contributed by atoms with Crippen LogP contribution in [0, 0.1) is 11.6 Å². The lowest BCUT2D eigenvalue weighted by molar-refractivity contribution is 0.572. The molecule has 2 nitrogen and oxygen atoms in total. The van der Waals surface area contributed by atoms with Crippen LogP contribution in [0.5, 0.6) is 0 Å². The average molecular weight is 382 g/mol. The molecule has 29 heavy (non-hydrogen) atoms. The van der Waals surface area contributed by atoms with E-state index in [0.717, 1.165) is 11.1 Å². The van der Waals surface area contributed by atoms with Crippen molar-refractivity contribution in [2.45, 2.75) is 0 Å². The molecule has 5 rings (SSSR count). The van der Waals surface area contributed by atoms with E-state index in [4.69, 9.17) is 0 Å². The average Bonchev–Trinajstić information content (AvgIpc) is 3.14. The van der Waals surface area contributed by atoms with Gasteiger partial charge in [0.05, 0.1) is 11.0 Å². The monoisotopic (exact) mass is 382 g/mol. The van der Waals surface area contributed by atoms with Crippen molar-refractivity contribution < 1.29 is 8.78 Å². The van der Waals surface area contributed by atoms with Crippen LogP contribution in [0.25, 0.3) is 39.2 Å². The van der Waals surface area contributed by atoms with Crippen molar-refractivity contribution in [1.82, 2.24) is 9.55 Å². The highest BCUT2D eigenvalue weighted by molar-refractivity contribution is 5.83. The molecule has 0 aliphatic carbocycles. The largest absolute Gasteiger partial charge is 0.287 e. The van der Waals surface area contributed by atoms with E-state index < -0.39 is 11.6 Å². The zero-order valence-corrected chi connectivity index (χ0v) is 15.4. The molecular formula is C25H16F2N2. The van der Waals surface area contributed by atoms with Gasteiger partial charge in [-0.3, -0.25) is 4.57 Å². The van der Waals surface area contributed by atoms with Crippen LogP contribution in [0.4, 0.5) is 8.78 Å². The van der Waals surface area contributed by atoms with E-state index in [1.165, 1.54) is 12.1 Å². The Morgan fingerprint density at radius 2 is 1.14 bits per heavy atom. The first-order chi connectivity index (χ1) is 14.2. The minimum Gasteiger partial charge on any atom is -0.287 e. The van der Waals surface area contributed by atoms with Crippen molar-refractivity contribution in [2.24, 2.45) is 0 Å². The molecule has 5 aromatic rings. The zero-order chi connectivity index (χ0) is 19.8. The molecule has 1 aromatic heterocycles. The number of imidazole rings is 1. The Hall–Kier alpha value is -3.79. The summed E-state index contributed by atoms with van der Waals surface area (Å²) in [5.74, 6) is -0.773. The zero-order valence-electron chi connectivity index (χ0n) is 15.4. The molecule has 0 aliphatic heterocycles. The molecule has 0 radical (unpaired) electrons. The van der Waals surface area contributed by atoms with Gasteiger partial charge < -0.3 is 0 Å². The van der Waals surface area contributed by atoms with Gasteiger partial charge in [0.15, 0.2) is 11.6 Å². The standard InChI is InChI=1S/C25H16F2N2/c26-20-15-19(17-9-3-1-4-10-17)16-21(27)24(20)29-23-14-8-7-13-22(23)28-25(29)18-11-5-2-6-12-18/h1-16H. The summed E-state index contributed by atoms with van der Waals surface area (Å²) < 4.78 is 32.1. The Labute approximate surface area is 166 Å². The number of rotatable bonds is 3. The number of hydrogen-bond acceptors (Lipinski definition) is 1. The lowest BCUT2D eigenvalue weighted by Gasteiger charge is -2.13. The van der Waals surface area contributed by atoms with Crippen molar-refractivity contribution in [3.8, 4) is 28.2 Å². The van der Waals surface area contributed by atoms with Gasteiger partial charge in [0, 0.05) is 5.56 Å². The third-order valence-corrected chi connectivity index (χ3v) is 4.94. The van der Waals surface area contributed by atoms with Crippen molar-refractivity contribution in [1.29, 1.82) is 0 Å². The molecule has 0 saturated carbocycles. The molecule has 0 fully saturated rings. The number of halogens is 2. The van der Waals surface area contributed by atoms with E-state index in [2.05, 4.69) is 4.98 Å². The molecule has 4 aromatic carbocycles. The fraction of sp³-hybridized carbons (Fsp3) is 0. The maximum Gasteiger partial charge on any atom is 0.150 e. The molecule has 0 saturated heterocycles. The van der Waals surface area contributed by atoms with Crippen LogP contribution in [0.15, 0.2) is 97.1 Å². The molecule has 140 valence electrons. The van der Waals surface area contributed by atoms with Crippen LogP contribution in [-0.2, 0) is 0 Å². The van der Waals surface area contributed by atoms with Gasteiger partial charge in [0.1, 0.15) is 11.5 Å². The highest BCUT2D eigenvalue weighted by Gasteiger charge is 2.21. The van der Waals surface area contributed by atoms with Crippen LogP contribution in [0.3, 0.4) is 0 Å². The smallest absolute Gasteiger partial charge is 0.150 e. The highest BCUT2D eigenvalue weighted by Crippen LogP contribution is 2.33. The molecule has 4 heteroatoms. The van der Waals surface area contributed by atoms with Crippen molar-refractivity contribution in [3.63, 3.8) is 0 Å². The summed E-state index contributed by atoms with van der Waals surface area (Å²) in [7, 11) is 0. The maximum absolute atomic E-state index is 15.3. The molecule has 1 heterocycles. The first-order valence-corrected chi connectivity index (χ1v) is 9.30. The van der Waals surface area contributed by atoms with Crippen molar-refractivity contribution in [3.05, 3.63) is 109 Å². The summed E-state index contributed by atoms with van der Waals surface area (Å²) >= 11 is 0. The van der Waals surface area contributed by atoms with E-state index in [9.17, 15) is 0 Å². The molecule has 0 N–H and O–H groups in total. The molecule has 0 bridgehead atoms. The minimum atomic E-state index is -0.635. The fourth-order valence-corrected chi connectivity index (χ4v) is 3.61. The summed E-state index contributed by atoms with van der Waals surface area (Å²) in [6, 6.07) is 28.7. The number of nitrogens with zero attached hydrogens (tertiary/aromatic N) is 2. The normalized spacial score (nSPS) is 11.1. The summed E-state index contributed by atoms with van der Waals surface area (Å²) in [5, 5.41) is 0. The quantitative estimate of drug-likeness (QED) is 0.342. The Balaban J connectivity index is 1.78. The number of aromatic nitrogens is 2. The van der Waals surface area contributed by atoms with Gasteiger partial charge in [-0.05, 0) is 35.4 Å². The van der Waals surface area contributed by atoms with Gasteiger partial charge >= 0.3 is 0 Å². The van der Waals surface area contributed by atoms with E-state index in [1.807, 2.05) is 84.9 Å². The summed E-state index contributed by atoms with van der Waals surface area (Å²) in [4.78, 5) is 4.65. The number of benzene rings is 4. The Bertz CT molecular complexity index is 1290. The maximum atomic E-state index is 15.3. The molecule has 0 aliphatic rings. The third kappa shape index (κ3) is 2.99. The van der Waals surface area contributed by atoms with Crippen LogP contribution in [0.1, 0.15) is 0 Å². The lowest BCUT2D eigenvalue weighted by atomic mass is 10.0. The second-order valence-electron chi connectivity index (χ2n) is 6.78. The second kappa shape index (κ2) is 6.99. The number of hydrogen-bond donors (Lipinski definition) is 0. The minimum absolute atomic E-state index is 0.128. The van der Waals surface area contributed by atoms with E-state index in [-0.39, 0.29) is 5.69 Å². The number of para-hydroxylation sites is 2. The summed E-state index contributed by atoms with van der Waals surface area (Å²) in [6.45, 7) is 0. The summed E-state index contributed by atoms with van der Waals surface area (Å²) in [6.07, 6.45) is 0. The Morgan fingerprint density at radius 3 is 1.79 bits per heavy atom. The van der Waals surface area contributed by atoms with Crippen LogP contribution >= 0.6 is 0 Å². The van der Waals surface area contributed by atoms with Crippen molar-refractivity contribution >= 4 is 11.0 Å². The van der Waals surface area contributed by atoms with Gasteiger partial charge in [0.25, 0.3) is 0 Å². The number of fused-ring (bicyclic) bond motifs is 1. The molecule has 0 amide bonds. The predicted molar refractivity (Wildman–Crippen MR) is 112 cm³/mol. The molecule has 0 unspecified atom stereocenters. The summed E-state index contributed by atoms with van der Waals surface area (Å²) in [5.41, 5.74) is 3.24.